The summed E-state index contributed by atoms with van der Waals surface area (Å²) in [5.74, 6) is -2.56. The third kappa shape index (κ3) is 5.50. The summed E-state index contributed by atoms with van der Waals surface area (Å²) in [5.41, 5.74) is 3.95. The molecular weight excluding hydrogens is 421 g/mol. The van der Waals surface area contributed by atoms with Gasteiger partial charge in [0.25, 0.3) is 0 Å². The van der Waals surface area contributed by atoms with Gasteiger partial charge in [0.1, 0.15) is 0 Å². The van der Waals surface area contributed by atoms with Crippen molar-refractivity contribution in [3.63, 3.8) is 0 Å². The standard InChI is InChI=1S/C28H37F3Si/c1-2-3-7-14-32-15-12-20(13-16-32)22-10-11-24(23-18-26(29)28(31)27(30)19-23)25(17-22)21-8-5-4-6-9-21/h10-11,17-21,32H,2-9,12-16H2,1H3. The molecule has 4 rings (SSSR count). The minimum Gasteiger partial charge on any atom is -0.204 e. The number of halogens is 3. The molecular formula is C28H37F3Si. The van der Waals surface area contributed by atoms with Crippen LogP contribution < -0.4 is 0 Å². The number of hydrogen-bond acceptors (Lipinski definition) is 0. The van der Waals surface area contributed by atoms with Crippen molar-refractivity contribution in [2.45, 2.75) is 101 Å². The lowest BCUT2D eigenvalue weighted by atomic mass is 9.78. The second-order valence-electron chi connectivity index (χ2n) is 10.1. The van der Waals surface area contributed by atoms with Crippen molar-refractivity contribution in [1.29, 1.82) is 0 Å². The maximum atomic E-state index is 14.0. The smallest absolute Gasteiger partial charge is 0.194 e. The Hall–Kier alpha value is -1.55. The normalized spacial score (nSPS) is 22.2. The zero-order valence-electron chi connectivity index (χ0n) is 19.4. The number of rotatable bonds is 7. The minimum absolute atomic E-state index is 0.426. The highest BCUT2D eigenvalue weighted by Crippen LogP contribution is 2.42. The van der Waals surface area contributed by atoms with Gasteiger partial charge >= 0.3 is 0 Å². The monoisotopic (exact) mass is 458 g/mol. The van der Waals surface area contributed by atoms with E-state index in [-0.39, 0.29) is 0 Å². The maximum absolute atomic E-state index is 14.0. The molecule has 0 aromatic heterocycles. The maximum Gasteiger partial charge on any atom is 0.194 e. The van der Waals surface area contributed by atoms with Crippen LogP contribution in [0.2, 0.25) is 18.1 Å². The van der Waals surface area contributed by atoms with E-state index >= 15 is 0 Å². The van der Waals surface area contributed by atoms with Crippen LogP contribution in [0, 0.1) is 17.5 Å². The molecule has 0 radical (unpaired) electrons. The SMILES string of the molecule is CCCCC[SiH]1CCC(c2ccc(-c3cc(F)c(F)c(F)c3)c(C3CCCCC3)c2)CC1. The molecule has 0 spiro atoms. The van der Waals surface area contributed by atoms with Crippen molar-refractivity contribution in [2.24, 2.45) is 0 Å². The second-order valence-corrected chi connectivity index (χ2v) is 13.6. The highest BCUT2D eigenvalue weighted by Gasteiger charge is 2.26. The summed E-state index contributed by atoms with van der Waals surface area (Å²) in [6.45, 7) is 2.28. The van der Waals surface area contributed by atoms with Crippen molar-refractivity contribution in [3.05, 3.63) is 58.9 Å². The van der Waals surface area contributed by atoms with Crippen LogP contribution in [0.3, 0.4) is 0 Å². The predicted molar refractivity (Wildman–Crippen MR) is 131 cm³/mol. The molecule has 32 heavy (non-hydrogen) atoms. The summed E-state index contributed by atoms with van der Waals surface area (Å²) in [6.07, 6.45) is 12.6. The van der Waals surface area contributed by atoms with Crippen molar-refractivity contribution >= 4 is 8.80 Å². The first-order chi connectivity index (χ1) is 15.6. The molecule has 1 heterocycles. The minimum atomic E-state index is -1.38. The summed E-state index contributed by atoms with van der Waals surface area (Å²) in [6, 6.07) is 13.3. The van der Waals surface area contributed by atoms with Crippen LogP contribution in [0.1, 0.15) is 94.1 Å². The van der Waals surface area contributed by atoms with Crippen LogP contribution in [-0.4, -0.2) is 8.80 Å². The molecule has 0 amide bonds. The van der Waals surface area contributed by atoms with Crippen LogP contribution >= 0.6 is 0 Å². The van der Waals surface area contributed by atoms with Gasteiger partial charge in [-0.05, 0) is 71.9 Å². The Labute approximate surface area is 193 Å². The quantitative estimate of drug-likeness (QED) is 0.220. The first-order valence-corrected chi connectivity index (χ1v) is 15.3. The van der Waals surface area contributed by atoms with Gasteiger partial charge < -0.3 is 0 Å². The largest absolute Gasteiger partial charge is 0.204 e. The molecule has 0 N–H and O–H groups in total. The molecule has 1 aliphatic heterocycles. The fraction of sp³-hybridized carbons (Fsp3) is 0.571. The molecule has 1 saturated carbocycles. The van der Waals surface area contributed by atoms with E-state index in [0.717, 1.165) is 30.5 Å². The molecule has 0 nitrogen and oxygen atoms in total. The second kappa shape index (κ2) is 11.0. The summed E-state index contributed by atoms with van der Waals surface area (Å²) in [5, 5.41) is 0. The van der Waals surface area contributed by atoms with Gasteiger partial charge in [0.2, 0.25) is 0 Å². The topological polar surface area (TPSA) is 0 Å². The molecule has 1 aliphatic carbocycles. The van der Waals surface area contributed by atoms with Crippen molar-refractivity contribution in [1.82, 2.24) is 0 Å². The molecule has 4 heteroatoms. The number of benzene rings is 2. The lowest BCUT2D eigenvalue weighted by molar-refractivity contribution is 0.442. The van der Waals surface area contributed by atoms with Crippen LogP contribution in [0.15, 0.2) is 30.3 Å². The third-order valence-corrected chi connectivity index (χ3v) is 11.5. The Morgan fingerprint density at radius 2 is 1.50 bits per heavy atom. The van der Waals surface area contributed by atoms with Gasteiger partial charge in [0.15, 0.2) is 17.5 Å². The van der Waals surface area contributed by atoms with Gasteiger partial charge in [-0.25, -0.2) is 13.2 Å². The van der Waals surface area contributed by atoms with E-state index < -0.39 is 26.2 Å². The Morgan fingerprint density at radius 1 is 0.812 bits per heavy atom. The summed E-state index contributed by atoms with van der Waals surface area (Å²) in [7, 11) is -0.554. The van der Waals surface area contributed by atoms with Gasteiger partial charge in [-0.1, -0.05) is 81.8 Å². The summed E-state index contributed by atoms with van der Waals surface area (Å²) >= 11 is 0. The van der Waals surface area contributed by atoms with E-state index in [0.29, 0.717) is 17.4 Å². The Bertz CT molecular complexity index is 873. The zero-order valence-corrected chi connectivity index (χ0v) is 20.6. The van der Waals surface area contributed by atoms with Crippen LogP contribution in [-0.2, 0) is 0 Å². The first-order valence-electron chi connectivity index (χ1n) is 12.9. The average Bonchev–Trinajstić information content (AvgIpc) is 2.83. The number of hydrogen-bond donors (Lipinski definition) is 0. The molecule has 174 valence electrons. The Kier molecular flexibility index (Phi) is 8.15. The van der Waals surface area contributed by atoms with Gasteiger partial charge in [0, 0.05) is 8.80 Å². The highest BCUT2D eigenvalue weighted by molar-refractivity contribution is 6.59. The van der Waals surface area contributed by atoms with E-state index in [2.05, 4.69) is 25.1 Å². The van der Waals surface area contributed by atoms with Crippen LogP contribution in [0.4, 0.5) is 13.2 Å². The molecule has 2 fully saturated rings. The van der Waals surface area contributed by atoms with Crippen molar-refractivity contribution in [2.75, 3.05) is 0 Å². The molecule has 2 aromatic carbocycles. The molecule has 0 unspecified atom stereocenters. The van der Waals surface area contributed by atoms with Gasteiger partial charge in [-0.15, -0.1) is 0 Å². The van der Waals surface area contributed by atoms with Crippen molar-refractivity contribution < 1.29 is 13.2 Å². The first kappa shape index (κ1) is 23.6. The lowest BCUT2D eigenvalue weighted by Crippen LogP contribution is -2.20. The Morgan fingerprint density at radius 3 is 2.16 bits per heavy atom. The van der Waals surface area contributed by atoms with E-state index in [1.165, 1.54) is 80.6 Å². The van der Waals surface area contributed by atoms with Crippen LogP contribution in [0.5, 0.6) is 0 Å². The van der Waals surface area contributed by atoms with Gasteiger partial charge in [-0.3, -0.25) is 0 Å². The summed E-state index contributed by atoms with van der Waals surface area (Å²) < 4.78 is 41.6. The summed E-state index contributed by atoms with van der Waals surface area (Å²) in [4.78, 5) is 0. The molecule has 0 atom stereocenters. The van der Waals surface area contributed by atoms with Gasteiger partial charge in [0.05, 0.1) is 0 Å². The molecule has 2 aliphatic rings. The Balaban J connectivity index is 1.58. The van der Waals surface area contributed by atoms with E-state index in [1.807, 2.05) is 0 Å². The zero-order chi connectivity index (χ0) is 22.5. The number of unbranched alkanes of at least 4 members (excludes halogenated alkanes) is 2. The third-order valence-electron chi connectivity index (χ3n) is 7.95. The van der Waals surface area contributed by atoms with E-state index in [4.69, 9.17) is 0 Å². The molecule has 1 saturated heterocycles. The van der Waals surface area contributed by atoms with Gasteiger partial charge in [-0.2, -0.15) is 0 Å². The fourth-order valence-corrected chi connectivity index (χ4v) is 9.51. The average molecular weight is 459 g/mol. The van der Waals surface area contributed by atoms with Crippen LogP contribution in [0.25, 0.3) is 11.1 Å². The molecule has 0 bridgehead atoms. The van der Waals surface area contributed by atoms with Crippen molar-refractivity contribution in [3.8, 4) is 11.1 Å². The lowest BCUT2D eigenvalue weighted by Gasteiger charge is -2.30. The molecule has 2 aromatic rings. The fourth-order valence-electron chi connectivity index (χ4n) is 6.03. The predicted octanol–water partition coefficient (Wildman–Crippen LogP) is 9.11. The highest BCUT2D eigenvalue weighted by atomic mass is 28.3. The van der Waals surface area contributed by atoms with E-state index in [1.54, 1.807) is 0 Å². The van der Waals surface area contributed by atoms with E-state index in [9.17, 15) is 13.2 Å².